The normalized spacial score (nSPS) is 9.84. The van der Waals surface area contributed by atoms with E-state index in [4.69, 9.17) is 25.8 Å². The first-order chi connectivity index (χ1) is 12.1. The molecule has 8 heteroatoms. The second-order valence-corrected chi connectivity index (χ2v) is 5.24. The summed E-state index contributed by atoms with van der Waals surface area (Å²) in [5.41, 5.74) is 4.46. The molecule has 0 spiro atoms. The minimum atomic E-state index is -0.507. The molecule has 2 aromatic carbocycles. The molecule has 0 aliphatic carbocycles. The zero-order valence-corrected chi connectivity index (χ0v) is 14.2. The number of nitrogens with one attached hydrogen (secondary N) is 2. The molecule has 132 valence electrons. The maximum atomic E-state index is 11.6. The van der Waals surface area contributed by atoms with E-state index in [-0.39, 0.29) is 13.2 Å². The summed E-state index contributed by atoms with van der Waals surface area (Å²) >= 11 is 5.75. The van der Waals surface area contributed by atoms with Gasteiger partial charge in [0.1, 0.15) is 17.2 Å². The fraction of sp³-hybridized carbons (Fsp3) is 0.176. The largest absolute Gasteiger partial charge is 0.497 e. The quantitative estimate of drug-likeness (QED) is 0.733. The Kier molecular flexibility index (Phi) is 6.91. The standard InChI is InChI=1S/C17H17ClN2O5/c1-23-13-6-8-15(9-7-13)25-11-17(22)20-19-16(21)10-24-14-4-2-12(18)3-5-14/h2-9H,10-11H2,1H3,(H,19,21)(H,20,22). The highest BCUT2D eigenvalue weighted by molar-refractivity contribution is 6.30. The van der Waals surface area contributed by atoms with Gasteiger partial charge < -0.3 is 14.2 Å². The van der Waals surface area contributed by atoms with Crippen molar-refractivity contribution in [2.75, 3.05) is 20.3 Å². The Morgan fingerprint density at radius 2 is 1.20 bits per heavy atom. The number of amides is 2. The molecular weight excluding hydrogens is 348 g/mol. The molecule has 0 bridgehead atoms. The van der Waals surface area contributed by atoms with Gasteiger partial charge in [-0.2, -0.15) is 0 Å². The first kappa shape index (κ1) is 18.4. The lowest BCUT2D eigenvalue weighted by Gasteiger charge is -2.10. The Hall–Kier alpha value is -2.93. The average molecular weight is 365 g/mol. The van der Waals surface area contributed by atoms with Crippen LogP contribution in [0.3, 0.4) is 0 Å². The smallest absolute Gasteiger partial charge is 0.276 e. The molecule has 0 atom stereocenters. The molecule has 2 N–H and O–H groups in total. The zero-order valence-electron chi connectivity index (χ0n) is 13.5. The highest BCUT2D eigenvalue weighted by Gasteiger charge is 2.07. The van der Waals surface area contributed by atoms with E-state index in [2.05, 4.69) is 10.9 Å². The lowest BCUT2D eigenvalue weighted by atomic mass is 10.3. The number of hydrogen-bond donors (Lipinski definition) is 2. The fourth-order valence-electron chi connectivity index (χ4n) is 1.71. The summed E-state index contributed by atoms with van der Waals surface area (Å²) in [4.78, 5) is 23.2. The molecule has 0 aliphatic rings. The van der Waals surface area contributed by atoms with Crippen LogP contribution < -0.4 is 25.1 Å². The minimum absolute atomic E-state index is 0.245. The van der Waals surface area contributed by atoms with Crippen LogP contribution in [0.15, 0.2) is 48.5 Å². The predicted molar refractivity (Wildman–Crippen MR) is 91.7 cm³/mol. The number of carbonyl (C=O) groups is 2. The van der Waals surface area contributed by atoms with Gasteiger partial charge in [0, 0.05) is 5.02 Å². The van der Waals surface area contributed by atoms with Crippen LogP contribution in [0.1, 0.15) is 0 Å². The van der Waals surface area contributed by atoms with E-state index in [0.29, 0.717) is 22.3 Å². The van der Waals surface area contributed by atoms with Gasteiger partial charge in [-0.05, 0) is 48.5 Å². The third-order valence-electron chi connectivity index (χ3n) is 2.95. The van der Waals surface area contributed by atoms with Gasteiger partial charge >= 0.3 is 0 Å². The SMILES string of the molecule is COc1ccc(OCC(=O)NNC(=O)COc2ccc(Cl)cc2)cc1. The van der Waals surface area contributed by atoms with Crippen LogP contribution >= 0.6 is 11.6 Å². The average Bonchev–Trinajstić information content (AvgIpc) is 2.64. The van der Waals surface area contributed by atoms with Crippen molar-refractivity contribution in [3.8, 4) is 17.2 Å². The van der Waals surface area contributed by atoms with Crippen LogP contribution in [0, 0.1) is 0 Å². The fourth-order valence-corrected chi connectivity index (χ4v) is 1.84. The Balaban J connectivity index is 1.64. The summed E-state index contributed by atoms with van der Waals surface area (Å²) in [5, 5.41) is 0.570. The van der Waals surface area contributed by atoms with Crippen LogP contribution in [0.4, 0.5) is 0 Å². The van der Waals surface area contributed by atoms with E-state index in [1.165, 1.54) is 0 Å². The summed E-state index contributed by atoms with van der Waals surface area (Å²) in [7, 11) is 1.56. The molecule has 0 unspecified atom stereocenters. The minimum Gasteiger partial charge on any atom is -0.497 e. The molecular formula is C17H17ClN2O5. The van der Waals surface area contributed by atoms with E-state index < -0.39 is 11.8 Å². The van der Waals surface area contributed by atoms with Crippen molar-refractivity contribution < 1.29 is 23.8 Å². The Bertz CT molecular complexity index is 704. The van der Waals surface area contributed by atoms with Crippen molar-refractivity contribution in [1.29, 1.82) is 0 Å². The van der Waals surface area contributed by atoms with Crippen LogP contribution in [0.25, 0.3) is 0 Å². The van der Waals surface area contributed by atoms with Crippen molar-refractivity contribution >= 4 is 23.4 Å². The topological polar surface area (TPSA) is 85.9 Å². The molecule has 0 radical (unpaired) electrons. The lowest BCUT2D eigenvalue weighted by Crippen LogP contribution is -2.45. The maximum absolute atomic E-state index is 11.6. The second kappa shape index (κ2) is 9.39. The van der Waals surface area contributed by atoms with Crippen molar-refractivity contribution in [3.05, 3.63) is 53.6 Å². The number of carbonyl (C=O) groups excluding carboxylic acids is 2. The summed E-state index contributed by atoms with van der Waals surface area (Å²) < 4.78 is 15.5. The predicted octanol–water partition coefficient (Wildman–Crippen LogP) is 1.95. The van der Waals surface area contributed by atoms with E-state index in [9.17, 15) is 9.59 Å². The third-order valence-corrected chi connectivity index (χ3v) is 3.21. The lowest BCUT2D eigenvalue weighted by molar-refractivity contribution is -0.131. The number of hydrazine groups is 1. The van der Waals surface area contributed by atoms with Gasteiger partial charge in [0.15, 0.2) is 13.2 Å². The molecule has 0 aromatic heterocycles. The number of rotatable bonds is 7. The van der Waals surface area contributed by atoms with Crippen molar-refractivity contribution in [1.82, 2.24) is 10.9 Å². The number of halogens is 1. The third kappa shape index (κ3) is 6.60. The van der Waals surface area contributed by atoms with Crippen LogP contribution in [-0.4, -0.2) is 32.1 Å². The number of benzene rings is 2. The summed E-state index contributed by atoms with van der Waals surface area (Å²) in [5.74, 6) is 0.676. The monoisotopic (exact) mass is 364 g/mol. The van der Waals surface area contributed by atoms with Crippen molar-refractivity contribution in [3.63, 3.8) is 0 Å². The maximum Gasteiger partial charge on any atom is 0.276 e. The Labute approximate surface area is 149 Å². The molecule has 0 heterocycles. The summed E-state index contributed by atoms with van der Waals surface area (Å²) in [6.45, 7) is -0.494. The molecule has 7 nitrogen and oxygen atoms in total. The first-order valence-electron chi connectivity index (χ1n) is 7.30. The summed E-state index contributed by atoms with van der Waals surface area (Å²) in [6.07, 6.45) is 0. The van der Waals surface area contributed by atoms with Crippen LogP contribution in [-0.2, 0) is 9.59 Å². The number of ether oxygens (including phenoxy) is 3. The van der Waals surface area contributed by atoms with E-state index >= 15 is 0 Å². The molecule has 0 aliphatic heterocycles. The molecule has 2 rings (SSSR count). The van der Waals surface area contributed by atoms with Crippen LogP contribution in [0.2, 0.25) is 5.02 Å². The van der Waals surface area contributed by atoms with Crippen molar-refractivity contribution in [2.24, 2.45) is 0 Å². The van der Waals surface area contributed by atoms with Gasteiger partial charge in [-0.15, -0.1) is 0 Å². The molecule has 0 saturated heterocycles. The highest BCUT2D eigenvalue weighted by Crippen LogP contribution is 2.17. The molecule has 0 fully saturated rings. The number of hydrogen-bond acceptors (Lipinski definition) is 5. The van der Waals surface area contributed by atoms with Gasteiger partial charge in [-0.1, -0.05) is 11.6 Å². The Morgan fingerprint density at radius 1 is 0.800 bits per heavy atom. The van der Waals surface area contributed by atoms with E-state index in [0.717, 1.165) is 0 Å². The van der Waals surface area contributed by atoms with E-state index in [1.807, 2.05) is 0 Å². The highest BCUT2D eigenvalue weighted by atomic mass is 35.5. The van der Waals surface area contributed by atoms with Gasteiger partial charge in [0.2, 0.25) is 0 Å². The molecule has 2 amide bonds. The Morgan fingerprint density at radius 3 is 1.64 bits per heavy atom. The molecule has 2 aromatic rings. The van der Waals surface area contributed by atoms with Crippen LogP contribution in [0.5, 0.6) is 17.2 Å². The van der Waals surface area contributed by atoms with Gasteiger partial charge in [-0.25, -0.2) is 0 Å². The second-order valence-electron chi connectivity index (χ2n) is 4.80. The van der Waals surface area contributed by atoms with Gasteiger partial charge in [-0.3, -0.25) is 20.4 Å². The number of methoxy groups -OCH3 is 1. The van der Waals surface area contributed by atoms with Crippen molar-refractivity contribution in [2.45, 2.75) is 0 Å². The molecule has 25 heavy (non-hydrogen) atoms. The zero-order chi connectivity index (χ0) is 18.1. The van der Waals surface area contributed by atoms with E-state index in [1.54, 1.807) is 55.6 Å². The summed E-state index contributed by atoms with van der Waals surface area (Å²) in [6, 6.07) is 13.3. The van der Waals surface area contributed by atoms with Gasteiger partial charge in [0.05, 0.1) is 7.11 Å². The first-order valence-corrected chi connectivity index (χ1v) is 7.67. The molecule has 0 saturated carbocycles. The van der Waals surface area contributed by atoms with Gasteiger partial charge in [0.25, 0.3) is 11.8 Å².